The van der Waals surface area contributed by atoms with Crippen molar-refractivity contribution < 1.29 is 18.3 Å². The number of benzene rings is 1. The summed E-state index contributed by atoms with van der Waals surface area (Å²) in [6, 6.07) is 12.3. The van der Waals surface area contributed by atoms with Crippen LogP contribution >= 0.6 is 0 Å². The first-order valence-electron chi connectivity index (χ1n) is 11.7. The third-order valence-corrected chi connectivity index (χ3v) is 8.37. The number of fused-ring (bicyclic) bond motifs is 1. The molecular formula is C26H32N4O4S. The van der Waals surface area contributed by atoms with Crippen molar-refractivity contribution >= 4 is 10.0 Å². The average Bonchev–Trinajstić information content (AvgIpc) is 2.86. The summed E-state index contributed by atoms with van der Waals surface area (Å²) in [5, 5.41) is 9.83. The fourth-order valence-corrected chi connectivity index (χ4v) is 6.17. The molecule has 3 atom stereocenters. The summed E-state index contributed by atoms with van der Waals surface area (Å²) in [6.45, 7) is 4.99. The first kappa shape index (κ1) is 25.2. The summed E-state index contributed by atoms with van der Waals surface area (Å²) < 4.78 is 35.2. The molecule has 0 bridgehead atoms. The van der Waals surface area contributed by atoms with Crippen molar-refractivity contribution in [3.8, 4) is 16.9 Å². The maximum absolute atomic E-state index is 13.6. The van der Waals surface area contributed by atoms with Crippen LogP contribution in [0.5, 0.6) is 5.75 Å². The van der Waals surface area contributed by atoms with Gasteiger partial charge in [-0.05, 0) is 61.0 Å². The van der Waals surface area contributed by atoms with Gasteiger partial charge in [0.25, 0.3) is 0 Å². The Bertz CT molecular complexity index is 1220. The largest absolute Gasteiger partial charge is 0.487 e. The van der Waals surface area contributed by atoms with E-state index in [0.29, 0.717) is 18.8 Å². The van der Waals surface area contributed by atoms with Crippen LogP contribution < -0.4 is 4.74 Å². The first-order chi connectivity index (χ1) is 16.8. The molecule has 0 aliphatic carbocycles. The van der Waals surface area contributed by atoms with Gasteiger partial charge >= 0.3 is 0 Å². The molecule has 2 aromatic heterocycles. The number of likely N-dealkylation sites (N-methyl/N-ethyl adjacent to an activating group) is 1. The molecule has 0 radical (unpaired) electrons. The Morgan fingerprint density at radius 3 is 2.60 bits per heavy atom. The maximum Gasteiger partial charge on any atom is 0.247 e. The Hall–Kier alpha value is -2.85. The zero-order valence-corrected chi connectivity index (χ0v) is 21.1. The predicted molar refractivity (Wildman–Crippen MR) is 134 cm³/mol. The molecule has 0 spiro atoms. The van der Waals surface area contributed by atoms with Crippen molar-refractivity contribution in [1.29, 1.82) is 0 Å². The molecular weight excluding hydrogens is 464 g/mol. The Labute approximate surface area is 207 Å². The Morgan fingerprint density at radius 2 is 1.91 bits per heavy atom. The lowest BCUT2D eigenvalue weighted by molar-refractivity contribution is 0.0734. The van der Waals surface area contributed by atoms with E-state index in [-0.39, 0.29) is 30.1 Å². The van der Waals surface area contributed by atoms with Gasteiger partial charge in [-0.3, -0.25) is 14.9 Å². The van der Waals surface area contributed by atoms with E-state index in [1.54, 1.807) is 43.7 Å². The topological polar surface area (TPSA) is 95.9 Å². The summed E-state index contributed by atoms with van der Waals surface area (Å²) in [6.07, 6.45) is 6.72. The van der Waals surface area contributed by atoms with Gasteiger partial charge in [0.15, 0.2) is 0 Å². The molecule has 4 rings (SSSR count). The van der Waals surface area contributed by atoms with Gasteiger partial charge in [-0.2, -0.15) is 4.31 Å². The number of aliphatic hydroxyl groups is 1. The molecule has 1 aromatic carbocycles. The highest BCUT2D eigenvalue weighted by molar-refractivity contribution is 7.89. The minimum atomic E-state index is -3.87. The fourth-order valence-electron chi connectivity index (χ4n) is 4.34. The molecule has 35 heavy (non-hydrogen) atoms. The van der Waals surface area contributed by atoms with Crippen molar-refractivity contribution in [3.05, 3.63) is 72.8 Å². The van der Waals surface area contributed by atoms with Crippen molar-refractivity contribution in [1.82, 2.24) is 19.2 Å². The lowest BCUT2D eigenvalue weighted by Crippen LogP contribution is -2.49. The third-order valence-electron chi connectivity index (χ3n) is 6.35. The van der Waals surface area contributed by atoms with Crippen LogP contribution in [0.15, 0.2) is 72.1 Å². The van der Waals surface area contributed by atoms with E-state index in [9.17, 15) is 13.5 Å². The van der Waals surface area contributed by atoms with Crippen LogP contribution in [0.4, 0.5) is 0 Å². The quantitative estimate of drug-likeness (QED) is 0.537. The van der Waals surface area contributed by atoms with Crippen LogP contribution in [0.25, 0.3) is 11.1 Å². The van der Waals surface area contributed by atoms with Crippen LogP contribution in [0.2, 0.25) is 0 Å². The summed E-state index contributed by atoms with van der Waals surface area (Å²) in [4.78, 5) is 10.5. The van der Waals surface area contributed by atoms with Gasteiger partial charge in [0.05, 0.1) is 6.61 Å². The highest BCUT2D eigenvalue weighted by Crippen LogP contribution is 2.36. The lowest BCUT2D eigenvalue weighted by atomic mass is 10.0. The molecule has 9 heteroatoms. The van der Waals surface area contributed by atoms with Crippen LogP contribution in [0.3, 0.4) is 0 Å². The number of nitrogens with zero attached hydrogens (tertiary/aromatic N) is 4. The Balaban J connectivity index is 1.72. The minimum absolute atomic E-state index is 0.113. The fraction of sp³-hybridized carbons (Fsp3) is 0.385. The molecule has 3 heterocycles. The van der Waals surface area contributed by atoms with Gasteiger partial charge in [0.2, 0.25) is 10.0 Å². The Kier molecular flexibility index (Phi) is 7.81. The molecule has 3 aromatic rings. The summed E-state index contributed by atoms with van der Waals surface area (Å²) >= 11 is 0. The molecule has 1 aliphatic heterocycles. The molecule has 186 valence electrons. The normalized spacial score (nSPS) is 20.9. The molecule has 0 saturated heterocycles. The Morgan fingerprint density at radius 1 is 1.14 bits per heavy atom. The number of hydrogen-bond donors (Lipinski definition) is 1. The standard InChI is InChI=1S/C26H32N4O4S/c1-19-15-30(20(2)18-31)35(32,33)26-7-6-23(22-8-11-27-12-9-22)13-24(26)34-25(19)17-29(3)16-21-5-4-10-28-14-21/h4-14,19-20,25,31H,15-18H2,1-3H3/t19-,20-,25-/m0/s1. The van der Waals surface area contributed by atoms with Crippen molar-refractivity contribution in [2.24, 2.45) is 5.92 Å². The van der Waals surface area contributed by atoms with E-state index in [0.717, 1.165) is 16.7 Å². The van der Waals surface area contributed by atoms with Crippen LogP contribution in [-0.2, 0) is 16.6 Å². The molecule has 0 saturated carbocycles. The SMILES string of the molecule is C[C@H]1CN([C@@H](C)CO)S(=O)(=O)c2ccc(-c3ccncc3)cc2O[C@H]1CN(C)Cc1cccnc1. The van der Waals surface area contributed by atoms with Crippen LogP contribution in [0, 0.1) is 5.92 Å². The van der Waals surface area contributed by atoms with E-state index < -0.39 is 16.1 Å². The van der Waals surface area contributed by atoms with Crippen LogP contribution in [0.1, 0.15) is 19.4 Å². The summed E-state index contributed by atoms with van der Waals surface area (Å²) in [5.41, 5.74) is 2.86. The van der Waals surface area contributed by atoms with Crippen molar-refractivity contribution in [3.63, 3.8) is 0 Å². The van der Waals surface area contributed by atoms with Crippen molar-refractivity contribution in [2.45, 2.75) is 37.4 Å². The highest BCUT2D eigenvalue weighted by Gasteiger charge is 2.38. The summed E-state index contributed by atoms with van der Waals surface area (Å²) in [7, 11) is -1.86. The minimum Gasteiger partial charge on any atom is -0.487 e. The number of rotatable bonds is 7. The molecule has 8 nitrogen and oxygen atoms in total. The van der Waals surface area contributed by atoms with E-state index in [4.69, 9.17) is 4.74 Å². The second kappa shape index (κ2) is 10.8. The molecule has 0 unspecified atom stereocenters. The van der Waals surface area contributed by atoms with Gasteiger partial charge in [-0.15, -0.1) is 0 Å². The number of aliphatic hydroxyl groups excluding tert-OH is 1. The van der Waals surface area contributed by atoms with Gasteiger partial charge in [0.1, 0.15) is 16.7 Å². The lowest BCUT2D eigenvalue weighted by Gasteiger charge is -2.37. The van der Waals surface area contributed by atoms with E-state index in [1.165, 1.54) is 4.31 Å². The van der Waals surface area contributed by atoms with Crippen LogP contribution in [-0.4, -0.2) is 71.6 Å². The molecule has 1 N–H and O–H groups in total. The number of ether oxygens (including phenoxy) is 1. The second-order valence-electron chi connectivity index (χ2n) is 9.20. The number of sulfonamides is 1. The smallest absolute Gasteiger partial charge is 0.247 e. The zero-order chi connectivity index (χ0) is 25.0. The van der Waals surface area contributed by atoms with Crippen molar-refractivity contribution in [2.75, 3.05) is 26.7 Å². The maximum atomic E-state index is 13.6. The molecule has 0 fully saturated rings. The first-order valence-corrected chi connectivity index (χ1v) is 13.1. The number of hydrogen-bond acceptors (Lipinski definition) is 7. The van der Waals surface area contributed by atoms with E-state index in [2.05, 4.69) is 14.9 Å². The number of aromatic nitrogens is 2. The van der Waals surface area contributed by atoms with E-state index in [1.807, 2.05) is 44.4 Å². The number of pyridine rings is 2. The third kappa shape index (κ3) is 5.70. The monoisotopic (exact) mass is 496 g/mol. The zero-order valence-electron chi connectivity index (χ0n) is 20.3. The highest BCUT2D eigenvalue weighted by atomic mass is 32.2. The predicted octanol–water partition coefficient (Wildman–Crippen LogP) is 3.04. The molecule has 1 aliphatic rings. The van der Waals surface area contributed by atoms with Gasteiger partial charge in [-0.1, -0.05) is 19.1 Å². The summed E-state index contributed by atoms with van der Waals surface area (Å²) in [5.74, 6) is 0.202. The second-order valence-corrected chi connectivity index (χ2v) is 11.1. The van der Waals surface area contributed by atoms with Gasteiger partial charge < -0.3 is 9.84 Å². The van der Waals surface area contributed by atoms with E-state index >= 15 is 0 Å². The average molecular weight is 497 g/mol. The molecule has 0 amide bonds. The van der Waals surface area contributed by atoms with Gasteiger partial charge in [0, 0.05) is 56.4 Å². The van der Waals surface area contributed by atoms with Gasteiger partial charge in [-0.25, -0.2) is 8.42 Å².